The van der Waals surface area contributed by atoms with Gasteiger partial charge in [-0.1, -0.05) is 0 Å². The monoisotopic (exact) mass is 138 g/mol. The molecule has 0 spiro atoms. The summed E-state index contributed by atoms with van der Waals surface area (Å²) in [5.74, 6) is 0.786. The van der Waals surface area contributed by atoms with E-state index < -0.39 is 0 Å². The first-order valence-corrected chi connectivity index (χ1v) is 3.95. The molecule has 10 heavy (non-hydrogen) atoms. The highest BCUT2D eigenvalue weighted by Gasteiger charge is 2.29. The van der Waals surface area contributed by atoms with Crippen molar-refractivity contribution in [2.45, 2.75) is 13.3 Å². The maximum absolute atomic E-state index is 5.84. The maximum Gasteiger partial charge on any atom is 0.0379 e. The van der Waals surface area contributed by atoms with Crippen LogP contribution in [0, 0.1) is 5.92 Å². The van der Waals surface area contributed by atoms with E-state index in [1.54, 1.807) is 0 Å². The lowest BCUT2D eigenvalue weighted by Gasteiger charge is -2.24. The van der Waals surface area contributed by atoms with Crippen LogP contribution in [0.1, 0.15) is 13.3 Å². The fourth-order valence-electron chi connectivity index (χ4n) is 1.96. The Morgan fingerprint density at radius 1 is 1.60 bits per heavy atom. The minimum Gasteiger partial charge on any atom is -0.401 e. The highest BCUT2D eigenvalue weighted by molar-refractivity contribution is 5.19. The first kappa shape index (κ1) is 6.23. The van der Waals surface area contributed by atoms with Crippen LogP contribution >= 0.6 is 0 Å². The molecule has 0 aliphatic carbocycles. The zero-order valence-electron chi connectivity index (χ0n) is 6.43. The van der Waals surface area contributed by atoms with Gasteiger partial charge in [0.05, 0.1) is 0 Å². The van der Waals surface area contributed by atoms with Crippen LogP contribution < -0.4 is 5.73 Å². The molecule has 2 aliphatic rings. The molecule has 56 valence electrons. The van der Waals surface area contributed by atoms with Crippen LogP contribution in [-0.4, -0.2) is 24.5 Å². The van der Waals surface area contributed by atoms with Crippen molar-refractivity contribution in [3.63, 3.8) is 0 Å². The highest BCUT2D eigenvalue weighted by Crippen LogP contribution is 2.29. The summed E-state index contributed by atoms with van der Waals surface area (Å²) >= 11 is 0. The lowest BCUT2D eigenvalue weighted by atomic mass is 9.96. The van der Waals surface area contributed by atoms with Crippen molar-refractivity contribution in [1.29, 1.82) is 0 Å². The number of nitrogens with zero attached hydrogens (tertiary/aromatic N) is 1. The van der Waals surface area contributed by atoms with Crippen LogP contribution in [0.2, 0.25) is 0 Å². The lowest BCUT2D eigenvalue weighted by Crippen LogP contribution is -2.31. The predicted octanol–water partition coefficient (Wildman–Crippen LogP) is 0.555. The molecule has 1 fully saturated rings. The van der Waals surface area contributed by atoms with Crippen LogP contribution in [0.15, 0.2) is 11.3 Å². The summed E-state index contributed by atoms with van der Waals surface area (Å²) in [6, 6.07) is 0. The maximum atomic E-state index is 5.84. The van der Waals surface area contributed by atoms with Gasteiger partial charge in [-0.2, -0.15) is 0 Å². The second kappa shape index (κ2) is 1.99. The van der Waals surface area contributed by atoms with Crippen molar-refractivity contribution < 1.29 is 0 Å². The van der Waals surface area contributed by atoms with Gasteiger partial charge in [-0.05, 0) is 31.4 Å². The van der Waals surface area contributed by atoms with Gasteiger partial charge in [0, 0.05) is 18.8 Å². The van der Waals surface area contributed by atoms with Gasteiger partial charge < -0.3 is 5.73 Å². The Morgan fingerprint density at radius 3 is 3.20 bits per heavy atom. The Kier molecular flexibility index (Phi) is 1.24. The van der Waals surface area contributed by atoms with Gasteiger partial charge in [-0.3, -0.25) is 4.90 Å². The fraction of sp³-hybridized carbons (Fsp3) is 0.750. The predicted molar refractivity (Wildman–Crippen MR) is 41.4 cm³/mol. The van der Waals surface area contributed by atoms with E-state index in [0.717, 1.165) is 18.2 Å². The van der Waals surface area contributed by atoms with Crippen LogP contribution in [0.3, 0.4) is 0 Å². The Morgan fingerprint density at radius 2 is 2.40 bits per heavy atom. The first-order valence-electron chi connectivity index (χ1n) is 3.95. The summed E-state index contributed by atoms with van der Waals surface area (Å²) in [5, 5.41) is 0. The Labute approximate surface area is 61.7 Å². The van der Waals surface area contributed by atoms with Crippen molar-refractivity contribution in [1.82, 2.24) is 4.90 Å². The second-order valence-corrected chi connectivity index (χ2v) is 3.43. The van der Waals surface area contributed by atoms with E-state index in [0.29, 0.717) is 0 Å². The van der Waals surface area contributed by atoms with Gasteiger partial charge in [-0.15, -0.1) is 0 Å². The van der Waals surface area contributed by atoms with Crippen LogP contribution in [0.4, 0.5) is 0 Å². The molecule has 0 saturated carbocycles. The highest BCUT2D eigenvalue weighted by atomic mass is 15.2. The number of rotatable bonds is 0. The molecule has 2 bridgehead atoms. The van der Waals surface area contributed by atoms with Crippen LogP contribution in [-0.2, 0) is 0 Å². The molecule has 2 unspecified atom stereocenters. The SMILES string of the molecule is CC1=C(N)CN2CCC1C2. The van der Waals surface area contributed by atoms with Crippen molar-refractivity contribution in [3.8, 4) is 0 Å². The van der Waals surface area contributed by atoms with E-state index in [4.69, 9.17) is 5.73 Å². The minimum atomic E-state index is 0.786. The van der Waals surface area contributed by atoms with Gasteiger partial charge in [0.25, 0.3) is 0 Å². The molecule has 0 aromatic rings. The number of fused-ring (bicyclic) bond motifs is 2. The smallest absolute Gasteiger partial charge is 0.0379 e. The first-order chi connectivity index (χ1) is 4.77. The third-order valence-corrected chi connectivity index (χ3v) is 2.79. The number of nitrogens with two attached hydrogens (primary N) is 1. The molecule has 2 N–H and O–H groups in total. The van der Waals surface area contributed by atoms with Gasteiger partial charge in [-0.25, -0.2) is 0 Å². The Hall–Kier alpha value is -0.500. The third kappa shape index (κ3) is 0.754. The largest absolute Gasteiger partial charge is 0.401 e. The van der Waals surface area contributed by atoms with Gasteiger partial charge in [0.2, 0.25) is 0 Å². The molecule has 0 radical (unpaired) electrons. The normalized spacial score (nSPS) is 38.9. The van der Waals surface area contributed by atoms with E-state index >= 15 is 0 Å². The molecule has 2 heterocycles. The molecule has 2 nitrogen and oxygen atoms in total. The molecule has 0 aromatic heterocycles. The van der Waals surface area contributed by atoms with E-state index in [9.17, 15) is 0 Å². The average molecular weight is 138 g/mol. The molecule has 1 saturated heterocycles. The zero-order valence-corrected chi connectivity index (χ0v) is 6.43. The quantitative estimate of drug-likeness (QED) is 0.530. The molecule has 0 amide bonds. The summed E-state index contributed by atoms with van der Waals surface area (Å²) in [7, 11) is 0. The molecule has 2 atom stereocenters. The van der Waals surface area contributed by atoms with Crippen molar-refractivity contribution in [3.05, 3.63) is 11.3 Å². The number of hydrogen-bond acceptors (Lipinski definition) is 2. The fourth-order valence-corrected chi connectivity index (χ4v) is 1.96. The standard InChI is InChI=1S/C8H14N2/c1-6-7-2-3-10(4-7)5-8(6)9/h7H,2-5,9H2,1H3. The Bertz CT molecular complexity index is 184. The summed E-state index contributed by atoms with van der Waals surface area (Å²) in [6.07, 6.45) is 1.33. The van der Waals surface area contributed by atoms with Gasteiger partial charge in [0.15, 0.2) is 0 Å². The minimum absolute atomic E-state index is 0.786. The molecule has 0 aromatic carbocycles. The number of hydrogen-bond donors (Lipinski definition) is 1. The Balaban J connectivity index is 2.28. The molecular weight excluding hydrogens is 124 g/mol. The second-order valence-electron chi connectivity index (χ2n) is 3.43. The summed E-state index contributed by atoms with van der Waals surface area (Å²) in [5.41, 5.74) is 8.41. The average Bonchev–Trinajstić information content (AvgIpc) is 2.29. The lowest BCUT2D eigenvalue weighted by molar-refractivity contribution is 0.340. The summed E-state index contributed by atoms with van der Waals surface area (Å²) < 4.78 is 0. The summed E-state index contributed by atoms with van der Waals surface area (Å²) in [4.78, 5) is 2.44. The van der Waals surface area contributed by atoms with E-state index in [1.807, 2.05) is 0 Å². The van der Waals surface area contributed by atoms with Crippen LogP contribution in [0.25, 0.3) is 0 Å². The zero-order chi connectivity index (χ0) is 7.14. The molecule has 2 rings (SSSR count). The third-order valence-electron chi connectivity index (χ3n) is 2.79. The van der Waals surface area contributed by atoms with Gasteiger partial charge in [0.1, 0.15) is 0 Å². The van der Waals surface area contributed by atoms with E-state index in [2.05, 4.69) is 11.8 Å². The molecular formula is C8H14N2. The molecule has 2 heteroatoms. The van der Waals surface area contributed by atoms with Crippen LogP contribution in [0.5, 0.6) is 0 Å². The van der Waals surface area contributed by atoms with Crippen molar-refractivity contribution in [2.24, 2.45) is 11.7 Å². The van der Waals surface area contributed by atoms with E-state index in [1.165, 1.54) is 25.1 Å². The molecule has 2 aliphatic heterocycles. The van der Waals surface area contributed by atoms with Gasteiger partial charge >= 0.3 is 0 Å². The van der Waals surface area contributed by atoms with E-state index in [-0.39, 0.29) is 0 Å². The topological polar surface area (TPSA) is 29.3 Å². The summed E-state index contributed by atoms with van der Waals surface area (Å²) in [6.45, 7) is 5.71. The van der Waals surface area contributed by atoms with Crippen molar-refractivity contribution in [2.75, 3.05) is 19.6 Å². The van der Waals surface area contributed by atoms with Crippen molar-refractivity contribution >= 4 is 0 Å².